The number of rotatable bonds is 0. The molecule has 1 aromatic heterocycles. The van der Waals surface area contributed by atoms with E-state index in [0.29, 0.717) is 0 Å². The summed E-state index contributed by atoms with van der Waals surface area (Å²) in [6.45, 7) is 14.2. The number of benzene rings is 3. The summed E-state index contributed by atoms with van der Waals surface area (Å²) in [5.74, 6) is 0. The number of hydrogen-bond donors (Lipinski definition) is 0. The molecule has 0 saturated heterocycles. The lowest BCUT2D eigenvalue weighted by Crippen LogP contribution is -2.49. The second kappa shape index (κ2) is 4.75. The van der Waals surface area contributed by atoms with Gasteiger partial charge < -0.3 is 0 Å². The Hall–Kier alpha value is -2.19. The minimum Gasteiger partial charge on any atom is -0.256 e. The Morgan fingerprint density at radius 3 is 2.31 bits per heavy atom. The van der Waals surface area contributed by atoms with Gasteiger partial charge >= 0.3 is 0 Å². The number of fused-ring (bicyclic) bond motifs is 3. The molecule has 0 atom stereocenters. The minimum absolute atomic E-state index is 0.146. The summed E-state index contributed by atoms with van der Waals surface area (Å²) in [6, 6.07) is 14.1. The molecule has 0 bridgehead atoms. The summed E-state index contributed by atoms with van der Waals surface area (Å²) in [5.41, 5.74) is 4.09. The Morgan fingerprint density at radius 1 is 0.808 bits per heavy atom. The Morgan fingerprint density at radius 2 is 1.58 bits per heavy atom. The van der Waals surface area contributed by atoms with Gasteiger partial charge in [0.25, 0.3) is 0 Å². The summed E-state index contributed by atoms with van der Waals surface area (Å²) >= 11 is 0. The highest BCUT2D eigenvalue weighted by atomic mass is 28.3. The highest BCUT2D eigenvalue weighted by molar-refractivity contribution is 7.05. The molecule has 26 heavy (non-hydrogen) atoms. The largest absolute Gasteiger partial charge is 0.256 e. The predicted molar refractivity (Wildman–Crippen MR) is 117 cm³/mol. The molecule has 0 radical (unpaired) electrons. The first-order chi connectivity index (χ1) is 12.2. The van der Waals surface area contributed by atoms with E-state index in [4.69, 9.17) is 4.98 Å². The Labute approximate surface area is 156 Å². The van der Waals surface area contributed by atoms with Crippen LogP contribution in [0.2, 0.25) is 13.1 Å². The van der Waals surface area contributed by atoms with Crippen LogP contribution < -0.4 is 10.4 Å². The quantitative estimate of drug-likeness (QED) is 0.309. The second-order valence-corrected chi connectivity index (χ2v) is 13.8. The van der Waals surface area contributed by atoms with E-state index in [1.54, 1.807) is 10.4 Å². The van der Waals surface area contributed by atoms with E-state index in [-0.39, 0.29) is 5.41 Å². The van der Waals surface area contributed by atoms with E-state index in [1.807, 2.05) is 6.20 Å². The zero-order valence-electron chi connectivity index (χ0n) is 16.5. The molecule has 130 valence electrons. The zero-order chi connectivity index (χ0) is 18.4. The summed E-state index contributed by atoms with van der Waals surface area (Å²) in [5, 5.41) is 10.1. The molecule has 0 spiro atoms. The third kappa shape index (κ3) is 1.88. The van der Waals surface area contributed by atoms with Gasteiger partial charge in [-0.2, -0.15) is 0 Å². The van der Waals surface area contributed by atoms with Crippen LogP contribution in [0.15, 0.2) is 42.6 Å². The molecule has 2 heteroatoms. The molecule has 5 rings (SSSR count). The molecule has 0 N–H and O–H groups in total. The molecule has 3 aromatic carbocycles. The molecule has 0 fully saturated rings. The summed E-state index contributed by atoms with van der Waals surface area (Å²) < 4.78 is 0. The second-order valence-electron chi connectivity index (χ2n) is 9.45. The smallest absolute Gasteiger partial charge is 0.114 e. The molecular formula is C24H25NSi. The molecule has 1 aliphatic rings. The van der Waals surface area contributed by atoms with Crippen LogP contribution in [-0.2, 0) is 5.41 Å². The lowest BCUT2D eigenvalue weighted by atomic mass is 9.84. The van der Waals surface area contributed by atoms with Gasteiger partial charge in [0.1, 0.15) is 8.07 Å². The molecule has 0 amide bonds. The lowest BCUT2D eigenvalue weighted by molar-refractivity contribution is 0.591. The van der Waals surface area contributed by atoms with Crippen LogP contribution in [0.4, 0.5) is 0 Å². The minimum atomic E-state index is -1.71. The molecule has 1 nitrogen and oxygen atoms in total. The van der Waals surface area contributed by atoms with Crippen LogP contribution in [0.5, 0.6) is 0 Å². The zero-order valence-corrected chi connectivity index (χ0v) is 17.5. The van der Waals surface area contributed by atoms with Crippen LogP contribution in [0.3, 0.4) is 0 Å². The average Bonchev–Trinajstić information content (AvgIpc) is 2.81. The Bertz CT molecular complexity index is 1240. The van der Waals surface area contributed by atoms with Gasteiger partial charge in [0.15, 0.2) is 0 Å². The molecule has 0 unspecified atom stereocenters. The molecule has 2 heterocycles. The normalized spacial score (nSPS) is 15.6. The maximum absolute atomic E-state index is 4.84. The number of aryl methyl sites for hydroxylation is 1. The summed E-state index contributed by atoms with van der Waals surface area (Å²) in [4.78, 5) is 4.84. The standard InChI is InChI=1S/C24H25NSi/c1-14-7-8-16-17(11-14)18-12-15(24(2,3)4)13-20-21(18)22-19(26(20,5)6)9-10-25-23(16)22/h7-13H,1-6H3. The van der Waals surface area contributed by atoms with Crippen molar-refractivity contribution in [1.82, 2.24) is 4.98 Å². The van der Waals surface area contributed by atoms with Crippen molar-refractivity contribution >= 4 is 50.9 Å². The predicted octanol–water partition coefficient (Wildman–Crippen LogP) is 5.28. The number of aromatic nitrogens is 1. The van der Waals surface area contributed by atoms with Crippen molar-refractivity contribution in [2.45, 2.75) is 46.2 Å². The number of hydrogen-bond acceptors (Lipinski definition) is 1. The van der Waals surface area contributed by atoms with Gasteiger partial charge in [0, 0.05) is 17.0 Å². The van der Waals surface area contributed by atoms with Crippen LogP contribution in [0, 0.1) is 6.92 Å². The summed E-state index contributed by atoms with van der Waals surface area (Å²) in [6.07, 6.45) is 2.02. The molecule has 1 aliphatic heterocycles. The van der Waals surface area contributed by atoms with Crippen molar-refractivity contribution in [2.75, 3.05) is 0 Å². The number of nitrogens with zero attached hydrogens (tertiary/aromatic N) is 1. The first-order valence-electron chi connectivity index (χ1n) is 9.50. The third-order valence-electron chi connectivity index (χ3n) is 6.27. The van der Waals surface area contributed by atoms with E-state index in [9.17, 15) is 0 Å². The molecule has 0 saturated carbocycles. The van der Waals surface area contributed by atoms with E-state index < -0.39 is 8.07 Å². The fraction of sp³-hybridized carbons (Fsp3) is 0.292. The first-order valence-corrected chi connectivity index (χ1v) is 12.5. The highest BCUT2D eigenvalue weighted by Crippen LogP contribution is 2.39. The topological polar surface area (TPSA) is 12.9 Å². The molecule has 0 aliphatic carbocycles. The Balaban J connectivity index is 2.15. The van der Waals surface area contributed by atoms with E-state index in [2.05, 4.69) is 77.2 Å². The Kier molecular flexibility index (Phi) is 2.92. The van der Waals surface area contributed by atoms with Crippen LogP contribution in [-0.4, -0.2) is 13.1 Å². The van der Waals surface area contributed by atoms with Crippen molar-refractivity contribution in [3.63, 3.8) is 0 Å². The van der Waals surface area contributed by atoms with Crippen molar-refractivity contribution in [3.05, 3.63) is 53.7 Å². The monoisotopic (exact) mass is 355 g/mol. The SMILES string of the molecule is Cc1ccc2c(c1)c1cc(C(C)(C)C)cc3c1c1c(ccnc21)[Si]3(C)C. The number of pyridine rings is 1. The fourth-order valence-corrected chi connectivity index (χ4v) is 7.77. The maximum Gasteiger partial charge on any atom is 0.114 e. The highest BCUT2D eigenvalue weighted by Gasteiger charge is 2.38. The molecular weight excluding hydrogens is 330 g/mol. The van der Waals surface area contributed by atoms with Gasteiger partial charge in [-0.05, 0) is 56.6 Å². The van der Waals surface area contributed by atoms with Crippen molar-refractivity contribution < 1.29 is 0 Å². The van der Waals surface area contributed by atoms with Crippen LogP contribution in [0.1, 0.15) is 31.9 Å². The maximum atomic E-state index is 4.84. The third-order valence-corrected chi connectivity index (χ3v) is 9.78. The van der Waals surface area contributed by atoms with Gasteiger partial charge in [-0.1, -0.05) is 63.7 Å². The molecule has 4 aromatic rings. The van der Waals surface area contributed by atoms with Crippen molar-refractivity contribution in [1.29, 1.82) is 0 Å². The first kappa shape index (κ1) is 16.0. The van der Waals surface area contributed by atoms with Crippen molar-refractivity contribution in [3.8, 4) is 0 Å². The summed E-state index contributed by atoms with van der Waals surface area (Å²) in [7, 11) is -1.71. The van der Waals surface area contributed by atoms with E-state index >= 15 is 0 Å². The van der Waals surface area contributed by atoms with Crippen molar-refractivity contribution in [2.24, 2.45) is 0 Å². The van der Waals surface area contributed by atoms with Gasteiger partial charge in [0.2, 0.25) is 0 Å². The van der Waals surface area contributed by atoms with Gasteiger partial charge in [-0.25, -0.2) is 0 Å². The van der Waals surface area contributed by atoms with Crippen LogP contribution >= 0.6 is 0 Å². The lowest BCUT2D eigenvalue weighted by Gasteiger charge is -2.24. The van der Waals surface area contributed by atoms with Gasteiger partial charge in [0.05, 0.1) is 5.52 Å². The average molecular weight is 356 g/mol. The van der Waals surface area contributed by atoms with Gasteiger partial charge in [-0.3, -0.25) is 4.98 Å². The fourth-order valence-electron chi connectivity index (χ4n) is 4.72. The van der Waals surface area contributed by atoms with Gasteiger partial charge in [-0.15, -0.1) is 0 Å². The van der Waals surface area contributed by atoms with E-state index in [0.717, 1.165) is 0 Å². The van der Waals surface area contributed by atoms with Crippen LogP contribution in [0.25, 0.3) is 32.4 Å². The van der Waals surface area contributed by atoms with E-state index in [1.165, 1.54) is 43.6 Å².